The Hall–Kier alpha value is -2.47. The topological polar surface area (TPSA) is 56.2 Å². The molecule has 0 bridgehead atoms. The molecular weight excluding hydrogens is 370 g/mol. The number of ether oxygens (including phenoxy) is 1. The van der Waals surface area contributed by atoms with Gasteiger partial charge in [0.05, 0.1) is 17.6 Å². The number of hydrogen-bond acceptors (Lipinski definition) is 4. The molecule has 0 spiro atoms. The highest BCUT2D eigenvalue weighted by molar-refractivity contribution is 7.99. The lowest BCUT2D eigenvalue weighted by Gasteiger charge is -2.11. The predicted molar refractivity (Wildman–Crippen MR) is 113 cm³/mol. The largest absolute Gasteiger partial charge is 0.492 e. The van der Waals surface area contributed by atoms with Crippen molar-refractivity contribution in [2.45, 2.75) is 44.4 Å². The van der Waals surface area contributed by atoms with Crippen molar-refractivity contribution in [2.75, 3.05) is 12.4 Å². The van der Waals surface area contributed by atoms with Crippen molar-refractivity contribution in [2.24, 2.45) is 0 Å². The molecule has 1 N–H and O–H groups in total. The van der Waals surface area contributed by atoms with Crippen molar-refractivity contribution >= 4 is 28.7 Å². The number of thioether (sulfide) groups is 1. The Bertz CT molecular complexity index is 995. The van der Waals surface area contributed by atoms with Gasteiger partial charge in [-0.05, 0) is 56.0 Å². The fourth-order valence-electron chi connectivity index (χ4n) is 3.13. The number of imidazole rings is 1. The van der Waals surface area contributed by atoms with E-state index in [0.29, 0.717) is 19.2 Å². The Labute approximate surface area is 169 Å². The SMILES string of the molecule is Cc1cccc(OCCSc2nc3ccccc3n2CC(=O)NC2CC2)c1C. The van der Waals surface area contributed by atoms with Crippen LogP contribution in [-0.4, -0.2) is 33.9 Å². The van der Waals surface area contributed by atoms with Crippen molar-refractivity contribution in [3.63, 3.8) is 0 Å². The highest BCUT2D eigenvalue weighted by Crippen LogP contribution is 2.26. The number of carbonyl (C=O) groups excluding carboxylic acids is 1. The number of nitrogens with one attached hydrogen (secondary N) is 1. The van der Waals surface area contributed by atoms with Gasteiger partial charge in [0.2, 0.25) is 5.91 Å². The summed E-state index contributed by atoms with van der Waals surface area (Å²) in [5.41, 5.74) is 4.32. The first kappa shape index (κ1) is 18.9. The smallest absolute Gasteiger partial charge is 0.240 e. The van der Waals surface area contributed by atoms with Crippen molar-refractivity contribution in [1.29, 1.82) is 0 Å². The summed E-state index contributed by atoms with van der Waals surface area (Å²) < 4.78 is 7.97. The number of fused-ring (bicyclic) bond motifs is 1. The summed E-state index contributed by atoms with van der Waals surface area (Å²) in [6.07, 6.45) is 2.18. The van der Waals surface area contributed by atoms with E-state index >= 15 is 0 Å². The van der Waals surface area contributed by atoms with Crippen LogP contribution in [0.2, 0.25) is 0 Å². The first-order valence-corrected chi connectivity index (χ1v) is 10.7. The van der Waals surface area contributed by atoms with E-state index in [1.54, 1.807) is 11.8 Å². The molecule has 0 atom stereocenters. The molecule has 1 heterocycles. The molecular formula is C22H25N3O2S. The molecule has 0 saturated heterocycles. The van der Waals surface area contributed by atoms with Gasteiger partial charge in [0, 0.05) is 11.8 Å². The van der Waals surface area contributed by atoms with Gasteiger partial charge in [0.1, 0.15) is 12.3 Å². The van der Waals surface area contributed by atoms with Crippen molar-refractivity contribution in [3.8, 4) is 5.75 Å². The monoisotopic (exact) mass is 395 g/mol. The van der Waals surface area contributed by atoms with Gasteiger partial charge >= 0.3 is 0 Å². The number of nitrogens with zero attached hydrogens (tertiary/aromatic N) is 2. The fraction of sp³-hybridized carbons (Fsp3) is 0.364. The summed E-state index contributed by atoms with van der Waals surface area (Å²) in [6, 6.07) is 14.4. The van der Waals surface area contributed by atoms with E-state index in [2.05, 4.69) is 25.2 Å². The first-order valence-electron chi connectivity index (χ1n) is 9.68. The number of para-hydroxylation sites is 2. The maximum Gasteiger partial charge on any atom is 0.240 e. The van der Waals surface area contributed by atoms with Crippen molar-refractivity contribution in [1.82, 2.24) is 14.9 Å². The van der Waals surface area contributed by atoms with Gasteiger partial charge in [-0.3, -0.25) is 4.79 Å². The van der Waals surface area contributed by atoms with Crippen LogP contribution in [0.1, 0.15) is 24.0 Å². The molecule has 1 aliphatic carbocycles. The Morgan fingerprint density at radius 2 is 2.04 bits per heavy atom. The third-order valence-electron chi connectivity index (χ3n) is 4.99. The maximum absolute atomic E-state index is 12.3. The van der Waals surface area contributed by atoms with Gasteiger partial charge in [0.15, 0.2) is 5.16 Å². The average molecular weight is 396 g/mol. The number of aromatic nitrogens is 2. The van der Waals surface area contributed by atoms with Crippen LogP contribution in [0, 0.1) is 13.8 Å². The van der Waals surface area contributed by atoms with E-state index in [1.165, 1.54) is 11.1 Å². The number of amides is 1. The zero-order valence-electron chi connectivity index (χ0n) is 16.3. The molecule has 0 aliphatic heterocycles. The lowest BCUT2D eigenvalue weighted by Crippen LogP contribution is -2.29. The summed E-state index contributed by atoms with van der Waals surface area (Å²) in [5.74, 6) is 1.75. The van der Waals surface area contributed by atoms with Crippen LogP contribution >= 0.6 is 11.8 Å². The molecule has 146 valence electrons. The number of aryl methyl sites for hydroxylation is 1. The average Bonchev–Trinajstić information content (AvgIpc) is 3.43. The standard InChI is InChI=1S/C22H25N3O2S/c1-15-6-5-9-20(16(15)2)27-12-13-28-22-24-18-7-3-4-8-19(18)25(22)14-21(26)23-17-10-11-17/h3-9,17H,10-14H2,1-2H3,(H,23,26). The second-order valence-electron chi connectivity index (χ2n) is 7.21. The quantitative estimate of drug-likeness (QED) is 0.461. The second-order valence-corrected chi connectivity index (χ2v) is 8.27. The van der Waals surface area contributed by atoms with Gasteiger partial charge in [0.25, 0.3) is 0 Å². The lowest BCUT2D eigenvalue weighted by atomic mass is 10.1. The summed E-state index contributed by atoms with van der Waals surface area (Å²) in [6.45, 7) is 5.06. The highest BCUT2D eigenvalue weighted by atomic mass is 32.2. The summed E-state index contributed by atoms with van der Waals surface area (Å²) >= 11 is 1.63. The van der Waals surface area contributed by atoms with E-state index < -0.39 is 0 Å². The van der Waals surface area contributed by atoms with Crippen LogP contribution in [0.3, 0.4) is 0 Å². The molecule has 0 radical (unpaired) electrons. The van der Waals surface area contributed by atoms with Crippen molar-refractivity contribution < 1.29 is 9.53 Å². The molecule has 1 amide bonds. The number of rotatable bonds is 8. The zero-order chi connectivity index (χ0) is 19.5. The predicted octanol–water partition coefficient (Wildman–Crippen LogP) is 4.10. The Morgan fingerprint density at radius 1 is 1.21 bits per heavy atom. The van der Waals surface area contributed by atoms with Gasteiger partial charge in [-0.25, -0.2) is 4.98 Å². The molecule has 28 heavy (non-hydrogen) atoms. The molecule has 4 rings (SSSR count). The number of hydrogen-bond donors (Lipinski definition) is 1. The third kappa shape index (κ3) is 4.33. The summed E-state index contributed by atoms with van der Waals surface area (Å²) in [7, 11) is 0. The molecule has 1 saturated carbocycles. The van der Waals surface area contributed by atoms with Crippen LogP contribution in [0.5, 0.6) is 5.75 Å². The first-order chi connectivity index (χ1) is 13.6. The summed E-state index contributed by atoms with van der Waals surface area (Å²) in [5, 5.41) is 3.92. The number of benzene rings is 2. The van der Waals surface area contributed by atoms with Gasteiger partial charge in [-0.2, -0.15) is 0 Å². The minimum absolute atomic E-state index is 0.0548. The van der Waals surface area contributed by atoms with Gasteiger partial charge in [-0.15, -0.1) is 0 Å². The van der Waals surface area contributed by atoms with Crippen LogP contribution in [0.4, 0.5) is 0 Å². The van der Waals surface area contributed by atoms with E-state index in [1.807, 2.05) is 41.0 Å². The number of carbonyl (C=O) groups is 1. The second kappa shape index (κ2) is 8.27. The molecule has 5 nitrogen and oxygen atoms in total. The van der Waals surface area contributed by atoms with E-state index in [4.69, 9.17) is 9.72 Å². The zero-order valence-corrected chi connectivity index (χ0v) is 17.1. The Balaban J connectivity index is 1.43. The van der Waals surface area contributed by atoms with Crippen LogP contribution in [-0.2, 0) is 11.3 Å². The van der Waals surface area contributed by atoms with Gasteiger partial charge in [-0.1, -0.05) is 36.0 Å². The molecule has 1 fully saturated rings. The Kier molecular flexibility index (Phi) is 5.57. The fourth-order valence-corrected chi connectivity index (χ4v) is 3.96. The maximum atomic E-state index is 12.3. The molecule has 1 aromatic heterocycles. The minimum Gasteiger partial charge on any atom is -0.492 e. The normalized spacial score (nSPS) is 13.6. The highest BCUT2D eigenvalue weighted by Gasteiger charge is 2.24. The summed E-state index contributed by atoms with van der Waals surface area (Å²) in [4.78, 5) is 17.1. The molecule has 0 unspecified atom stereocenters. The van der Waals surface area contributed by atoms with E-state index in [0.717, 1.165) is 40.5 Å². The third-order valence-corrected chi connectivity index (χ3v) is 5.93. The van der Waals surface area contributed by atoms with E-state index in [-0.39, 0.29) is 5.91 Å². The van der Waals surface area contributed by atoms with Crippen LogP contribution in [0.15, 0.2) is 47.6 Å². The minimum atomic E-state index is 0.0548. The molecule has 2 aromatic carbocycles. The van der Waals surface area contributed by atoms with E-state index in [9.17, 15) is 4.79 Å². The van der Waals surface area contributed by atoms with Crippen molar-refractivity contribution in [3.05, 3.63) is 53.6 Å². The van der Waals surface area contributed by atoms with Crippen LogP contribution in [0.25, 0.3) is 11.0 Å². The molecule has 6 heteroatoms. The van der Waals surface area contributed by atoms with Gasteiger partial charge < -0.3 is 14.6 Å². The molecule has 3 aromatic rings. The molecule has 1 aliphatic rings. The lowest BCUT2D eigenvalue weighted by molar-refractivity contribution is -0.121. The van der Waals surface area contributed by atoms with Crippen LogP contribution < -0.4 is 10.1 Å². The Morgan fingerprint density at radius 3 is 2.86 bits per heavy atom.